The van der Waals surface area contributed by atoms with Crippen molar-refractivity contribution in [3.05, 3.63) is 0 Å². The maximum absolute atomic E-state index is 3.55. The standard InChI is InChI=1S/C6H10Br4/c7-3-5(9)1-2-6(10)4-8/h5-6H,1-4H2/t5-,6-/m1/s1. The zero-order valence-electron chi connectivity index (χ0n) is 5.49. The molecule has 0 aliphatic heterocycles. The summed E-state index contributed by atoms with van der Waals surface area (Å²) in [5, 5.41) is 2.07. The average Bonchev–Trinajstić information content (AvgIpc) is 1.99. The van der Waals surface area contributed by atoms with Gasteiger partial charge in [0.15, 0.2) is 0 Å². The molecule has 0 radical (unpaired) electrons. The van der Waals surface area contributed by atoms with Crippen LogP contribution in [0, 0.1) is 0 Å². The van der Waals surface area contributed by atoms with Crippen LogP contribution in [0.5, 0.6) is 0 Å². The van der Waals surface area contributed by atoms with E-state index in [-0.39, 0.29) is 0 Å². The number of hydrogen-bond donors (Lipinski definition) is 0. The SMILES string of the molecule is BrC[C@H](Br)CC[C@@H](Br)CBr. The lowest BCUT2D eigenvalue weighted by molar-refractivity contribution is 0.751. The molecule has 0 fully saturated rings. The van der Waals surface area contributed by atoms with E-state index in [1.54, 1.807) is 0 Å². The van der Waals surface area contributed by atoms with E-state index in [1.807, 2.05) is 0 Å². The molecule has 10 heavy (non-hydrogen) atoms. The molecule has 0 saturated heterocycles. The minimum Gasteiger partial charge on any atom is -0.0916 e. The van der Waals surface area contributed by atoms with Gasteiger partial charge in [-0.05, 0) is 12.8 Å². The third-order valence-electron chi connectivity index (χ3n) is 1.13. The molecule has 0 aliphatic rings. The molecule has 0 bridgehead atoms. The number of alkyl halides is 4. The Morgan fingerprint density at radius 1 is 0.800 bits per heavy atom. The van der Waals surface area contributed by atoms with Gasteiger partial charge in [0, 0.05) is 20.3 Å². The molecule has 0 saturated carbocycles. The molecule has 0 N–H and O–H groups in total. The summed E-state index contributed by atoms with van der Waals surface area (Å²) in [7, 11) is 0. The van der Waals surface area contributed by atoms with Gasteiger partial charge in [-0.3, -0.25) is 0 Å². The van der Waals surface area contributed by atoms with Crippen LogP contribution in [0.1, 0.15) is 12.8 Å². The van der Waals surface area contributed by atoms with Gasteiger partial charge in [-0.25, -0.2) is 0 Å². The van der Waals surface area contributed by atoms with Gasteiger partial charge < -0.3 is 0 Å². The molecule has 0 aliphatic carbocycles. The van der Waals surface area contributed by atoms with Crippen LogP contribution in [0.3, 0.4) is 0 Å². The summed E-state index contributed by atoms with van der Waals surface area (Å²) in [4.78, 5) is 1.23. The average molecular weight is 402 g/mol. The third kappa shape index (κ3) is 6.62. The summed E-state index contributed by atoms with van der Waals surface area (Å²) in [6.07, 6.45) is 2.43. The van der Waals surface area contributed by atoms with E-state index in [0.717, 1.165) is 10.7 Å². The maximum atomic E-state index is 3.55. The van der Waals surface area contributed by atoms with Crippen molar-refractivity contribution in [2.24, 2.45) is 0 Å². The quantitative estimate of drug-likeness (QED) is 0.609. The van der Waals surface area contributed by atoms with Crippen molar-refractivity contribution >= 4 is 63.7 Å². The molecule has 0 spiro atoms. The van der Waals surface area contributed by atoms with Crippen LogP contribution >= 0.6 is 63.7 Å². The van der Waals surface area contributed by atoms with Crippen molar-refractivity contribution in [2.75, 3.05) is 10.7 Å². The number of hydrogen-bond acceptors (Lipinski definition) is 0. The van der Waals surface area contributed by atoms with E-state index >= 15 is 0 Å². The second-order valence-corrected chi connectivity index (χ2v) is 5.97. The van der Waals surface area contributed by atoms with Gasteiger partial charge in [0.2, 0.25) is 0 Å². The molecule has 0 aromatic heterocycles. The summed E-state index contributed by atoms with van der Waals surface area (Å²) in [5.41, 5.74) is 0. The lowest BCUT2D eigenvalue weighted by Gasteiger charge is -2.07. The molecule has 0 aromatic rings. The summed E-state index contributed by atoms with van der Waals surface area (Å²) < 4.78 is 0. The van der Waals surface area contributed by atoms with E-state index in [0.29, 0.717) is 9.65 Å². The van der Waals surface area contributed by atoms with Crippen molar-refractivity contribution in [1.29, 1.82) is 0 Å². The molecule has 2 atom stereocenters. The fourth-order valence-electron chi connectivity index (χ4n) is 0.516. The Kier molecular flexibility index (Phi) is 9.02. The molecular weight excluding hydrogens is 392 g/mol. The highest BCUT2D eigenvalue weighted by atomic mass is 79.9. The molecule has 0 aromatic carbocycles. The number of halogens is 4. The smallest absolute Gasteiger partial charge is 0.0243 e. The predicted octanol–water partition coefficient (Wildman–Crippen LogP) is 4.08. The van der Waals surface area contributed by atoms with Gasteiger partial charge in [0.05, 0.1) is 0 Å². The predicted molar refractivity (Wildman–Crippen MR) is 62.3 cm³/mol. The first-order chi connectivity index (χ1) is 4.70. The first kappa shape index (κ1) is 11.9. The Labute approximate surface area is 96.0 Å². The van der Waals surface area contributed by atoms with Gasteiger partial charge >= 0.3 is 0 Å². The normalized spacial score (nSPS) is 16.8. The monoisotopic (exact) mass is 398 g/mol. The van der Waals surface area contributed by atoms with E-state index in [9.17, 15) is 0 Å². The minimum atomic E-state index is 0.617. The molecule has 4 heteroatoms. The molecule has 0 amide bonds. The van der Waals surface area contributed by atoms with E-state index in [4.69, 9.17) is 0 Å². The van der Waals surface area contributed by atoms with Crippen molar-refractivity contribution < 1.29 is 0 Å². The highest BCUT2D eigenvalue weighted by molar-refractivity contribution is 9.12. The van der Waals surface area contributed by atoms with Gasteiger partial charge in [0.1, 0.15) is 0 Å². The zero-order chi connectivity index (χ0) is 7.98. The van der Waals surface area contributed by atoms with Crippen molar-refractivity contribution in [3.63, 3.8) is 0 Å². The fraction of sp³-hybridized carbons (Fsp3) is 1.00. The van der Waals surface area contributed by atoms with Crippen molar-refractivity contribution in [1.82, 2.24) is 0 Å². The van der Waals surface area contributed by atoms with Crippen LogP contribution in [0.4, 0.5) is 0 Å². The van der Waals surface area contributed by atoms with Crippen LogP contribution in [0.15, 0.2) is 0 Å². The summed E-state index contributed by atoms with van der Waals surface area (Å²) >= 11 is 13.9. The first-order valence-electron chi connectivity index (χ1n) is 3.10. The summed E-state index contributed by atoms with van der Waals surface area (Å²) in [6.45, 7) is 0. The van der Waals surface area contributed by atoms with Crippen LogP contribution in [-0.2, 0) is 0 Å². The highest BCUT2D eigenvalue weighted by Crippen LogP contribution is 2.17. The van der Waals surface area contributed by atoms with Crippen molar-refractivity contribution in [3.8, 4) is 0 Å². The Morgan fingerprint density at radius 2 is 1.10 bits per heavy atom. The Bertz CT molecular complexity index is 66.1. The topological polar surface area (TPSA) is 0 Å². The van der Waals surface area contributed by atoms with Crippen LogP contribution in [0.2, 0.25) is 0 Å². The second-order valence-electron chi connectivity index (χ2n) is 2.08. The third-order valence-corrected chi connectivity index (χ3v) is 5.99. The molecule has 0 rings (SSSR count). The van der Waals surface area contributed by atoms with Crippen molar-refractivity contribution in [2.45, 2.75) is 22.5 Å². The molecular formula is C6H10Br4. The number of rotatable bonds is 5. The largest absolute Gasteiger partial charge is 0.0916 e. The van der Waals surface area contributed by atoms with E-state index in [1.165, 1.54) is 12.8 Å². The molecule has 0 nitrogen and oxygen atoms in total. The highest BCUT2D eigenvalue weighted by Gasteiger charge is 2.05. The maximum Gasteiger partial charge on any atom is 0.0243 e. The fourth-order valence-corrected chi connectivity index (χ4v) is 1.69. The van der Waals surface area contributed by atoms with Gasteiger partial charge in [-0.2, -0.15) is 0 Å². The first-order valence-corrected chi connectivity index (χ1v) is 7.18. The molecule has 0 heterocycles. The summed E-state index contributed by atoms with van der Waals surface area (Å²) in [5.74, 6) is 0. The lowest BCUT2D eigenvalue weighted by Crippen LogP contribution is -2.05. The van der Waals surface area contributed by atoms with Crippen LogP contribution < -0.4 is 0 Å². The molecule has 0 unspecified atom stereocenters. The second kappa shape index (κ2) is 7.56. The minimum absolute atomic E-state index is 0.617. The van der Waals surface area contributed by atoms with Gasteiger partial charge in [0.25, 0.3) is 0 Å². The lowest BCUT2D eigenvalue weighted by atomic mass is 10.2. The van der Waals surface area contributed by atoms with E-state index < -0.39 is 0 Å². The molecule has 62 valence electrons. The Morgan fingerprint density at radius 3 is 1.30 bits per heavy atom. The van der Waals surface area contributed by atoms with Crippen LogP contribution in [0.25, 0.3) is 0 Å². The van der Waals surface area contributed by atoms with Gasteiger partial charge in [-0.1, -0.05) is 63.7 Å². The van der Waals surface area contributed by atoms with E-state index in [2.05, 4.69) is 63.7 Å². The summed E-state index contributed by atoms with van der Waals surface area (Å²) in [6, 6.07) is 0. The Hall–Kier alpha value is 1.92. The zero-order valence-corrected chi connectivity index (χ0v) is 11.8. The Balaban J connectivity index is 3.17. The van der Waals surface area contributed by atoms with Crippen LogP contribution in [-0.4, -0.2) is 20.3 Å². The van der Waals surface area contributed by atoms with Gasteiger partial charge in [-0.15, -0.1) is 0 Å².